The zero-order valence-electron chi connectivity index (χ0n) is 11.3. The van der Waals surface area contributed by atoms with Gasteiger partial charge in [0.25, 0.3) is 5.91 Å². The lowest BCUT2D eigenvalue weighted by molar-refractivity contribution is -0.129. The number of aliphatic hydroxyl groups excluding tert-OH is 1. The number of amides is 1. The first-order chi connectivity index (χ1) is 9.66. The molecule has 0 aromatic heterocycles. The quantitative estimate of drug-likeness (QED) is 0.865. The standard InChI is InChI=1S/C15H20BrNO3/c16-12-6-4-11(5-7-12)14(18)15(19)17-9-8-13-3-1-2-10-20-13/h4-7,13-14,18H,1-3,8-10H2,(H,17,19)/t13-,14-/m1/s1. The van der Waals surface area contributed by atoms with E-state index in [4.69, 9.17) is 4.74 Å². The summed E-state index contributed by atoms with van der Waals surface area (Å²) in [5.41, 5.74) is 0.597. The molecule has 0 bridgehead atoms. The number of aliphatic hydroxyl groups is 1. The van der Waals surface area contributed by atoms with E-state index in [0.717, 1.165) is 30.3 Å². The molecule has 20 heavy (non-hydrogen) atoms. The highest BCUT2D eigenvalue weighted by atomic mass is 79.9. The van der Waals surface area contributed by atoms with Crippen molar-refractivity contribution < 1.29 is 14.6 Å². The van der Waals surface area contributed by atoms with Gasteiger partial charge in [0.15, 0.2) is 6.10 Å². The lowest BCUT2D eigenvalue weighted by atomic mass is 10.1. The Bertz CT molecular complexity index is 429. The Morgan fingerprint density at radius 3 is 2.80 bits per heavy atom. The second kappa shape index (κ2) is 7.76. The van der Waals surface area contributed by atoms with Gasteiger partial charge in [-0.25, -0.2) is 0 Å². The van der Waals surface area contributed by atoms with Gasteiger partial charge in [0.05, 0.1) is 6.10 Å². The highest BCUT2D eigenvalue weighted by Gasteiger charge is 2.18. The molecule has 4 nitrogen and oxygen atoms in total. The fourth-order valence-electron chi connectivity index (χ4n) is 2.28. The van der Waals surface area contributed by atoms with Crippen molar-refractivity contribution in [2.24, 2.45) is 0 Å². The number of rotatable bonds is 5. The summed E-state index contributed by atoms with van der Waals surface area (Å²) in [6.07, 6.45) is 3.32. The first-order valence-corrected chi connectivity index (χ1v) is 7.79. The molecule has 1 heterocycles. The number of hydrogen-bond acceptors (Lipinski definition) is 3. The van der Waals surface area contributed by atoms with E-state index in [1.54, 1.807) is 12.1 Å². The smallest absolute Gasteiger partial charge is 0.253 e. The maximum atomic E-state index is 11.9. The van der Waals surface area contributed by atoms with Gasteiger partial charge in [-0.15, -0.1) is 0 Å². The van der Waals surface area contributed by atoms with Crippen LogP contribution in [-0.4, -0.2) is 30.3 Å². The molecule has 1 aliphatic heterocycles. The molecule has 1 fully saturated rings. The van der Waals surface area contributed by atoms with Gasteiger partial charge >= 0.3 is 0 Å². The summed E-state index contributed by atoms with van der Waals surface area (Å²) < 4.78 is 6.52. The van der Waals surface area contributed by atoms with Crippen LogP contribution in [0.3, 0.4) is 0 Å². The minimum atomic E-state index is -1.12. The minimum absolute atomic E-state index is 0.244. The molecule has 0 spiro atoms. The highest BCUT2D eigenvalue weighted by Crippen LogP contribution is 2.17. The van der Waals surface area contributed by atoms with Gasteiger partial charge in [0.2, 0.25) is 0 Å². The molecular weight excluding hydrogens is 322 g/mol. The van der Waals surface area contributed by atoms with Crippen molar-refractivity contribution in [3.63, 3.8) is 0 Å². The van der Waals surface area contributed by atoms with Gasteiger partial charge < -0.3 is 15.2 Å². The van der Waals surface area contributed by atoms with Crippen LogP contribution in [0.2, 0.25) is 0 Å². The number of hydrogen-bond donors (Lipinski definition) is 2. The molecule has 0 unspecified atom stereocenters. The van der Waals surface area contributed by atoms with Gasteiger partial charge in [-0.2, -0.15) is 0 Å². The molecular formula is C15H20BrNO3. The zero-order chi connectivity index (χ0) is 14.4. The normalized spacial score (nSPS) is 20.4. The Morgan fingerprint density at radius 1 is 1.40 bits per heavy atom. The van der Waals surface area contributed by atoms with E-state index in [-0.39, 0.29) is 12.0 Å². The minimum Gasteiger partial charge on any atom is -0.378 e. The van der Waals surface area contributed by atoms with Gasteiger partial charge in [-0.05, 0) is 43.4 Å². The molecule has 2 N–H and O–H groups in total. The predicted molar refractivity (Wildman–Crippen MR) is 80.3 cm³/mol. The van der Waals surface area contributed by atoms with Crippen molar-refractivity contribution in [1.82, 2.24) is 5.32 Å². The summed E-state index contributed by atoms with van der Waals surface area (Å²) in [4.78, 5) is 11.9. The van der Waals surface area contributed by atoms with Crippen molar-refractivity contribution in [3.05, 3.63) is 34.3 Å². The first kappa shape index (κ1) is 15.5. The highest BCUT2D eigenvalue weighted by molar-refractivity contribution is 9.10. The monoisotopic (exact) mass is 341 g/mol. The van der Waals surface area contributed by atoms with E-state index in [2.05, 4.69) is 21.2 Å². The third kappa shape index (κ3) is 4.58. The summed E-state index contributed by atoms with van der Waals surface area (Å²) in [7, 11) is 0. The van der Waals surface area contributed by atoms with Crippen molar-refractivity contribution >= 4 is 21.8 Å². The molecule has 2 rings (SSSR count). The Labute approximate surface area is 127 Å². The van der Waals surface area contributed by atoms with E-state index in [9.17, 15) is 9.90 Å². The molecule has 110 valence electrons. The zero-order valence-corrected chi connectivity index (χ0v) is 12.9. The van der Waals surface area contributed by atoms with Crippen molar-refractivity contribution in [3.8, 4) is 0 Å². The number of carbonyl (C=O) groups is 1. The van der Waals surface area contributed by atoms with Crippen LogP contribution in [0.5, 0.6) is 0 Å². The second-order valence-electron chi connectivity index (χ2n) is 5.02. The van der Waals surface area contributed by atoms with Crippen molar-refractivity contribution in [1.29, 1.82) is 0 Å². The number of nitrogens with one attached hydrogen (secondary N) is 1. The van der Waals surface area contributed by atoms with Gasteiger partial charge in [0.1, 0.15) is 0 Å². The molecule has 1 saturated heterocycles. The Balaban J connectivity index is 1.74. The first-order valence-electron chi connectivity index (χ1n) is 6.99. The summed E-state index contributed by atoms with van der Waals surface area (Å²) in [6, 6.07) is 7.08. The van der Waals surface area contributed by atoms with Crippen LogP contribution >= 0.6 is 15.9 Å². The van der Waals surface area contributed by atoms with Crippen LogP contribution in [-0.2, 0) is 9.53 Å². The fraction of sp³-hybridized carbons (Fsp3) is 0.533. The molecule has 1 aliphatic rings. The maximum absolute atomic E-state index is 11.9. The van der Waals surface area contributed by atoms with Crippen LogP contribution in [0, 0.1) is 0 Å². The topological polar surface area (TPSA) is 58.6 Å². The second-order valence-corrected chi connectivity index (χ2v) is 5.94. The van der Waals surface area contributed by atoms with Crippen LogP contribution in [0.1, 0.15) is 37.4 Å². The average molecular weight is 342 g/mol. The van der Waals surface area contributed by atoms with E-state index < -0.39 is 6.10 Å². The molecule has 1 aromatic rings. The SMILES string of the molecule is O=C(NCC[C@H]1CCCCO1)[C@H](O)c1ccc(Br)cc1. The average Bonchev–Trinajstić information content (AvgIpc) is 2.48. The Hall–Kier alpha value is -0.910. The van der Waals surface area contributed by atoms with E-state index in [0.29, 0.717) is 12.1 Å². The third-order valence-corrected chi connectivity index (χ3v) is 4.00. The summed E-state index contributed by atoms with van der Waals surface area (Å²) in [5.74, 6) is -0.358. The molecule has 1 amide bonds. The van der Waals surface area contributed by atoms with Crippen molar-refractivity contribution in [2.75, 3.05) is 13.2 Å². The van der Waals surface area contributed by atoms with Crippen LogP contribution in [0.4, 0.5) is 0 Å². The number of benzene rings is 1. The lowest BCUT2D eigenvalue weighted by Crippen LogP contribution is -2.32. The molecule has 0 aliphatic carbocycles. The Kier molecular flexibility index (Phi) is 6.01. The van der Waals surface area contributed by atoms with Gasteiger partial charge in [0, 0.05) is 17.6 Å². The van der Waals surface area contributed by atoms with Gasteiger partial charge in [-0.1, -0.05) is 28.1 Å². The van der Waals surface area contributed by atoms with E-state index >= 15 is 0 Å². The molecule has 5 heteroatoms. The predicted octanol–water partition coefficient (Wildman–Crippen LogP) is 2.56. The largest absolute Gasteiger partial charge is 0.378 e. The van der Waals surface area contributed by atoms with Gasteiger partial charge in [-0.3, -0.25) is 4.79 Å². The molecule has 2 atom stereocenters. The molecule has 1 aromatic carbocycles. The van der Waals surface area contributed by atoms with Crippen molar-refractivity contribution in [2.45, 2.75) is 37.9 Å². The summed E-state index contributed by atoms with van der Waals surface area (Å²) in [5, 5.41) is 12.7. The summed E-state index contributed by atoms with van der Waals surface area (Å²) in [6.45, 7) is 1.36. The van der Waals surface area contributed by atoms with E-state index in [1.165, 1.54) is 6.42 Å². The van der Waals surface area contributed by atoms with E-state index in [1.807, 2.05) is 12.1 Å². The number of ether oxygens (including phenoxy) is 1. The Morgan fingerprint density at radius 2 is 2.15 bits per heavy atom. The maximum Gasteiger partial charge on any atom is 0.253 e. The lowest BCUT2D eigenvalue weighted by Gasteiger charge is -2.22. The summed E-state index contributed by atoms with van der Waals surface area (Å²) >= 11 is 3.32. The molecule has 0 saturated carbocycles. The number of carbonyl (C=O) groups excluding carboxylic acids is 1. The molecule has 0 radical (unpaired) electrons. The number of halogens is 1. The van der Waals surface area contributed by atoms with Crippen LogP contribution < -0.4 is 5.32 Å². The van der Waals surface area contributed by atoms with Crippen LogP contribution in [0.25, 0.3) is 0 Å². The third-order valence-electron chi connectivity index (χ3n) is 3.47. The van der Waals surface area contributed by atoms with Crippen LogP contribution in [0.15, 0.2) is 28.7 Å². The fourth-order valence-corrected chi connectivity index (χ4v) is 2.55.